The van der Waals surface area contributed by atoms with Crippen molar-refractivity contribution in [3.63, 3.8) is 0 Å². The van der Waals surface area contributed by atoms with Crippen molar-refractivity contribution in [2.45, 2.75) is 25.8 Å². The van der Waals surface area contributed by atoms with Crippen LogP contribution in [0.3, 0.4) is 0 Å². The minimum absolute atomic E-state index is 0.0564. The molecule has 1 amide bonds. The molecule has 2 aromatic heterocycles. The van der Waals surface area contributed by atoms with E-state index in [1.165, 1.54) is 27.4 Å². The Labute approximate surface area is 190 Å². The zero-order valence-electron chi connectivity index (χ0n) is 18.9. The number of hydrogen-bond donors (Lipinski definition) is 2. The molecule has 9 heteroatoms. The second kappa shape index (κ2) is 10.5. The molecule has 0 fully saturated rings. The van der Waals surface area contributed by atoms with Gasteiger partial charge in [-0.1, -0.05) is 12.1 Å². The molecule has 1 atom stereocenters. The lowest BCUT2D eigenvalue weighted by atomic mass is 9.87. The average molecular weight is 454 g/mol. The molecule has 3 rings (SSSR count). The smallest absolute Gasteiger partial charge is 0.343 e. The van der Waals surface area contributed by atoms with E-state index in [0.29, 0.717) is 22.8 Å². The lowest BCUT2D eigenvalue weighted by Crippen LogP contribution is -2.27. The molecule has 2 N–H and O–H groups in total. The van der Waals surface area contributed by atoms with Gasteiger partial charge >= 0.3 is 5.63 Å². The first-order chi connectivity index (χ1) is 15.9. The molecular weight excluding hydrogens is 428 g/mol. The Balaban J connectivity index is 2.05. The van der Waals surface area contributed by atoms with Crippen LogP contribution in [0.5, 0.6) is 23.0 Å². The van der Waals surface area contributed by atoms with Crippen molar-refractivity contribution in [1.82, 2.24) is 10.3 Å². The van der Waals surface area contributed by atoms with Gasteiger partial charge in [-0.3, -0.25) is 9.78 Å². The molecule has 1 unspecified atom stereocenters. The van der Waals surface area contributed by atoms with Crippen LogP contribution in [-0.4, -0.2) is 37.3 Å². The number of aryl methyl sites for hydroxylation is 1. The van der Waals surface area contributed by atoms with Crippen LogP contribution in [0.1, 0.15) is 34.9 Å². The molecule has 3 aromatic rings. The fourth-order valence-electron chi connectivity index (χ4n) is 3.64. The third-order valence-electron chi connectivity index (χ3n) is 5.13. The van der Waals surface area contributed by atoms with Crippen LogP contribution >= 0.6 is 0 Å². The van der Waals surface area contributed by atoms with Crippen LogP contribution in [-0.2, 0) is 11.3 Å². The maximum Gasteiger partial charge on any atom is 0.343 e. The van der Waals surface area contributed by atoms with Gasteiger partial charge < -0.3 is 29.1 Å². The number of aromatic hydroxyl groups is 1. The van der Waals surface area contributed by atoms with E-state index in [1.54, 1.807) is 37.4 Å². The number of rotatable bonds is 9. The normalized spacial score (nSPS) is 11.5. The predicted octanol–water partition coefficient (Wildman–Crippen LogP) is 2.91. The van der Waals surface area contributed by atoms with Crippen LogP contribution < -0.4 is 25.2 Å². The van der Waals surface area contributed by atoms with Crippen molar-refractivity contribution >= 4 is 5.91 Å². The summed E-state index contributed by atoms with van der Waals surface area (Å²) < 4.78 is 21.6. The van der Waals surface area contributed by atoms with Gasteiger partial charge in [0.1, 0.15) is 11.5 Å². The summed E-state index contributed by atoms with van der Waals surface area (Å²) in [5.74, 6) is -0.285. The van der Waals surface area contributed by atoms with Gasteiger partial charge in [0.05, 0.1) is 39.1 Å². The molecule has 0 spiro atoms. The fraction of sp³-hybridized carbons (Fsp3) is 0.292. The number of methoxy groups -OCH3 is 3. The fourth-order valence-corrected chi connectivity index (χ4v) is 3.64. The Morgan fingerprint density at radius 1 is 1.12 bits per heavy atom. The van der Waals surface area contributed by atoms with E-state index < -0.39 is 11.5 Å². The van der Waals surface area contributed by atoms with Crippen LogP contribution in [0, 0.1) is 6.92 Å². The standard InChI is InChI=1S/C24H26N2O7/c1-14-11-18(27)21(24(29)33-14)17(12-20(28)26-13-15-7-5-6-10-25-15)16-8-9-19(30-2)23(32-4)22(16)31-3/h5-11,17,27H,12-13H2,1-4H3,(H,26,28). The first kappa shape index (κ1) is 23.6. The molecule has 1 aromatic carbocycles. The lowest BCUT2D eigenvalue weighted by molar-refractivity contribution is -0.121. The highest BCUT2D eigenvalue weighted by atomic mass is 16.5. The quantitative estimate of drug-likeness (QED) is 0.506. The monoisotopic (exact) mass is 454 g/mol. The van der Waals surface area contributed by atoms with Gasteiger partial charge in [0.25, 0.3) is 0 Å². The molecule has 0 radical (unpaired) electrons. The van der Waals surface area contributed by atoms with Gasteiger partial charge in [0, 0.05) is 30.2 Å². The molecule has 0 bridgehead atoms. The van der Waals surface area contributed by atoms with Crippen molar-refractivity contribution in [2.24, 2.45) is 0 Å². The molecule has 2 heterocycles. The predicted molar refractivity (Wildman–Crippen MR) is 120 cm³/mol. The van der Waals surface area contributed by atoms with E-state index in [0.717, 1.165) is 0 Å². The van der Waals surface area contributed by atoms with E-state index in [1.807, 2.05) is 6.07 Å². The van der Waals surface area contributed by atoms with Crippen molar-refractivity contribution < 1.29 is 28.5 Å². The van der Waals surface area contributed by atoms with Crippen LogP contribution in [0.15, 0.2) is 51.8 Å². The van der Waals surface area contributed by atoms with Crippen molar-refractivity contribution in [3.05, 3.63) is 75.6 Å². The number of aromatic nitrogens is 1. The highest BCUT2D eigenvalue weighted by Gasteiger charge is 2.30. The van der Waals surface area contributed by atoms with E-state index in [2.05, 4.69) is 10.3 Å². The second-order valence-electron chi connectivity index (χ2n) is 7.22. The zero-order valence-corrected chi connectivity index (χ0v) is 18.9. The number of amides is 1. The number of nitrogens with zero attached hydrogens (tertiary/aromatic N) is 1. The van der Waals surface area contributed by atoms with Crippen molar-refractivity contribution in [1.29, 1.82) is 0 Å². The third kappa shape index (κ3) is 5.25. The van der Waals surface area contributed by atoms with Gasteiger partial charge in [-0.2, -0.15) is 0 Å². The first-order valence-electron chi connectivity index (χ1n) is 10.2. The number of carbonyl (C=O) groups is 1. The number of pyridine rings is 1. The van der Waals surface area contributed by atoms with E-state index in [4.69, 9.17) is 18.6 Å². The Hall–Kier alpha value is -4.01. The molecule has 9 nitrogen and oxygen atoms in total. The summed E-state index contributed by atoms with van der Waals surface area (Å²) in [6.07, 6.45) is 1.47. The largest absolute Gasteiger partial charge is 0.507 e. The number of hydrogen-bond acceptors (Lipinski definition) is 8. The van der Waals surface area contributed by atoms with Crippen molar-refractivity contribution in [3.8, 4) is 23.0 Å². The Morgan fingerprint density at radius 2 is 1.88 bits per heavy atom. The topological polar surface area (TPSA) is 120 Å². The van der Waals surface area contributed by atoms with E-state index in [9.17, 15) is 14.7 Å². The van der Waals surface area contributed by atoms with Crippen LogP contribution in [0.2, 0.25) is 0 Å². The van der Waals surface area contributed by atoms with Crippen LogP contribution in [0.25, 0.3) is 0 Å². The molecule has 0 saturated carbocycles. The molecule has 0 saturated heterocycles. The molecule has 0 aliphatic carbocycles. The van der Waals surface area contributed by atoms with E-state index >= 15 is 0 Å². The maximum absolute atomic E-state index is 12.9. The van der Waals surface area contributed by atoms with Gasteiger partial charge in [-0.05, 0) is 25.1 Å². The minimum atomic E-state index is -0.889. The SMILES string of the molecule is COc1ccc(C(CC(=O)NCc2ccccn2)c2c(O)cc(C)oc2=O)c(OC)c1OC. The van der Waals surface area contributed by atoms with Gasteiger partial charge in [-0.25, -0.2) is 4.79 Å². The summed E-state index contributed by atoms with van der Waals surface area (Å²) in [5, 5.41) is 13.4. The first-order valence-corrected chi connectivity index (χ1v) is 10.2. The summed E-state index contributed by atoms with van der Waals surface area (Å²) in [6, 6.07) is 10.0. The summed E-state index contributed by atoms with van der Waals surface area (Å²) in [5.41, 5.74) is 0.337. The summed E-state index contributed by atoms with van der Waals surface area (Å²) >= 11 is 0. The van der Waals surface area contributed by atoms with Crippen molar-refractivity contribution in [2.75, 3.05) is 21.3 Å². The minimum Gasteiger partial charge on any atom is -0.507 e. The third-order valence-corrected chi connectivity index (χ3v) is 5.13. The summed E-state index contributed by atoms with van der Waals surface area (Å²) in [6.45, 7) is 1.76. The average Bonchev–Trinajstić information content (AvgIpc) is 2.81. The Bertz CT molecular complexity index is 1180. The van der Waals surface area contributed by atoms with E-state index in [-0.39, 0.29) is 41.7 Å². The molecule has 0 aliphatic rings. The zero-order chi connectivity index (χ0) is 24.0. The molecule has 33 heavy (non-hydrogen) atoms. The molecule has 0 aliphatic heterocycles. The number of carbonyl (C=O) groups excluding carboxylic acids is 1. The van der Waals surface area contributed by atoms with Crippen LogP contribution in [0.4, 0.5) is 0 Å². The number of ether oxygens (including phenoxy) is 3. The van der Waals surface area contributed by atoms with Gasteiger partial charge in [-0.15, -0.1) is 0 Å². The second-order valence-corrected chi connectivity index (χ2v) is 7.22. The Kier molecular flexibility index (Phi) is 7.55. The van der Waals surface area contributed by atoms with Gasteiger partial charge in [0.2, 0.25) is 11.7 Å². The maximum atomic E-state index is 12.9. The molecule has 174 valence electrons. The Morgan fingerprint density at radius 3 is 2.48 bits per heavy atom. The lowest BCUT2D eigenvalue weighted by Gasteiger charge is -2.22. The highest BCUT2D eigenvalue weighted by Crippen LogP contribution is 2.45. The highest BCUT2D eigenvalue weighted by molar-refractivity contribution is 5.78. The number of benzene rings is 1. The summed E-state index contributed by atoms with van der Waals surface area (Å²) in [7, 11) is 4.38. The van der Waals surface area contributed by atoms with Gasteiger partial charge in [0.15, 0.2) is 11.5 Å². The summed E-state index contributed by atoms with van der Waals surface area (Å²) in [4.78, 5) is 29.8. The number of nitrogens with one attached hydrogen (secondary N) is 1. The molecular formula is C24H26N2O7.